The topological polar surface area (TPSA) is 85.5 Å². The lowest BCUT2D eigenvalue weighted by molar-refractivity contribution is -0.115. The minimum Gasteiger partial charge on any atom is -0.497 e. The van der Waals surface area contributed by atoms with Crippen LogP contribution in [0.2, 0.25) is 0 Å². The van der Waals surface area contributed by atoms with Crippen molar-refractivity contribution in [1.29, 1.82) is 0 Å². The van der Waals surface area contributed by atoms with Crippen LogP contribution in [-0.4, -0.2) is 37.4 Å². The third-order valence-electron chi connectivity index (χ3n) is 4.40. The third kappa shape index (κ3) is 4.09. The number of aryl methyl sites for hydroxylation is 1. The number of anilines is 1. The molecule has 0 saturated heterocycles. The van der Waals surface area contributed by atoms with Gasteiger partial charge in [-0.05, 0) is 42.8 Å². The molecule has 1 aromatic heterocycles. The summed E-state index contributed by atoms with van der Waals surface area (Å²) >= 11 is 0. The molecule has 2 N–H and O–H groups in total. The molecule has 0 unspecified atom stereocenters. The van der Waals surface area contributed by atoms with Gasteiger partial charge in [0.25, 0.3) is 0 Å². The highest BCUT2D eigenvalue weighted by Crippen LogP contribution is 2.37. The van der Waals surface area contributed by atoms with E-state index in [1.807, 2.05) is 43.3 Å². The number of benzene rings is 2. The zero-order valence-electron chi connectivity index (χ0n) is 16.3. The van der Waals surface area contributed by atoms with Crippen LogP contribution in [-0.2, 0) is 11.2 Å². The van der Waals surface area contributed by atoms with Crippen molar-refractivity contribution in [3.05, 3.63) is 53.7 Å². The lowest BCUT2D eigenvalue weighted by atomic mass is 10.1. The fourth-order valence-electron chi connectivity index (χ4n) is 2.89. The zero-order chi connectivity index (χ0) is 20.1. The Morgan fingerprint density at radius 2 is 1.68 bits per heavy atom. The monoisotopic (exact) mass is 381 g/mol. The van der Waals surface area contributed by atoms with Gasteiger partial charge in [-0.3, -0.25) is 9.89 Å². The van der Waals surface area contributed by atoms with E-state index in [2.05, 4.69) is 15.5 Å². The number of methoxy groups -OCH3 is 3. The van der Waals surface area contributed by atoms with Crippen molar-refractivity contribution in [2.75, 3.05) is 26.6 Å². The van der Waals surface area contributed by atoms with E-state index in [0.29, 0.717) is 22.9 Å². The summed E-state index contributed by atoms with van der Waals surface area (Å²) < 4.78 is 15.9. The number of hydrogen-bond acceptors (Lipinski definition) is 5. The van der Waals surface area contributed by atoms with Crippen LogP contribution in [0, 0.1) is 6.92 Å². The molecule has 0 aliphatic rings. The van der Waals surface area contributed by atoms with Gasteiger partial charge in [0.15, 0.2) is 0 Å². The molecule has 0 aliphatic carbocycles. The maximum atomic E-state index is 12.6. The number of amides is 1. The van der Waals surface area contributed by atoms with Crippen molar-refractivity contribution in [3.63, 3.8) is 0 Å². The number of nitrogens with one attached hydrogen (secondary N) is 2. The molecule has 0 atom stereocenters. The Hall–Kier alpha value is -3.48. The van der Waals surface area contributed by atoms with Gasteiger partial charge in [0, 0.05) is 5.56 Å². The van der Waals surface area contributed by atoms with Crippen LogP contribution in [0.1, 0.15) is 11.3 Å². The summed E-state index contributed by atoms with van der Waals surface area (Å²) in [7, 11) is 4.80. The lowest BCUT2D eigenvalue weighted by Crippen LogP contribution is -2.15. The van der Waals surface area contributed by atoms with Gasteiger partial charge in [0.1, 0.15) is 22.9 Å². The molecule has 0 bridgehead atoms. The Morgan fingerprint density at radius 1 is 1.00 bits per heavy atom. The van der Waals surface area contributed by atoms with Crippen LogP contribution in [0.25, 0.3) is 11.3 Å². The fourth-order valence-corrected chi connectivity index (χ4v) is 2.89. The molecule has 7 nitrogen and oxygen atoms in total. The summed E-state index contributed by atoms with van der Waals surface area (Å²) in [4.78, 5) is 12.6. The minimum absolute atomic E-state index is 0.141. The third-order valence-corrected chi connectivity index (χ3v) is 4.40. The molecule has 7 heteroatoms. The average Bonchev–Trinajstić information content (AvgIpc) is 3.08. The molecule has 0 fully saturated rings. The van der Waals surface area contributed by atoms with Gasteiger partial charge in [0.05, 0.1) is 39.1 Å². The standard InChI is InChI=1S/C21H23N3O4/c1-13-20(22-19(25)11-14-5-7-15(26-2)8-6-14)21(24-23-13)17-12-16(27-3)9-10-18(17)28-4/h5-10,12H,11H2,1-4H3,(H,22,25)(H,23,24). The molecule has 0 spiro atoms. The van der Waals surface area contributed by atoms with Crippen LogP contribution >= 0.6 is 0 Å². The van der Waals surface area contributed by atoms with E-state index in [-0.39, 0.29) is 12.3 Å². The number of aromatic nitrogens is 2. The van der Waals surface area contributed by atoms with Gasteiger partial charge in [0.2, 0.25) is 5.91 Å². The van der Waals surface area contributed by atoms with E-state index in [4.69, 9.17) is 14.2 Å². The predicted molar refractivity (Wildman–Crippen MR) is 107 cm³/mol. The first-order valence-electron chi connectivity index (χ1n) is 8.75. The van der Waals surface area contributed by atoms with Crippen molar-refractivity contribution in [2.45, 2.75) is 13.3 Å². The SMILES string of the molecule is COc1ccc(CC(=O)Nc2c(-c3cc(OC)ccc3OC)n[nH]c2C)cc1. The molecule has 0 saturated carbocycles. The first kappa shape index (κ1) is 19.3. The van der Waals surface area contributed by atoms with Crippen LogP contribution in [0.4, 0.5) is 5.69 Å². The van der Waals surface area contributed by atoms with Crippen molar-refractivity contribution in [1.82, 2.24) is 10.2 Å². The molecule has 2 aromatic carbocycles. The molecule has 1 heterocycles. The summed E-state index contributed by atoms with van der Waals surface area (Å²) in [6, 6.07) is 12.8. The van der Waals surface area contributed by atoms with Crippen molar-refractivity contribution in [3.8, 4) is 28.5 Å². The number of nitrogens with zero attached hydrogens (tertiary/aromatic N) is 1. The van der Waals surface area contributed by atoms with E-state index < -0.39 is 0 Å². The van der Waals surface area contributed by atoms with Crippen molar-refractivity contribution >= 4 is 11.6 Å². The molecule has 0 aliphatic heterocycles. The summed E-state index contributed by atoms with van der Waals surface area (Å²) in [6.07, 6.45) is 0.239. The van der Waals surface area contributed by atoms with E-state index in [0.717, 1.165) is 22.6 Å². The first-order chi connectivity index (χ1) is 13.5. The maximum absolute atomic E-state index is 12.6. The number of aromatic amines is 1. The van der Waals surface area contributed by atoms with Gasteiger partial charge in [-0.2, -0.15) is 5.10 Å². The first-order valence-corrected chi connectivity index (χ1v) is 8.75. The molecule has 0 radical (unpaired) electrons. The molecule has 28 heavy (non-hydrogen) atoms. The zero-order valence-corrected chi connectivity index (χ0v) is 16.3. The summed E-state index contributed by atoms with van der Waals surface area (Å²) in [6.45, 7) is 1.85. The van der Waals surface area contributed by atoms with Crippen LogP contribution < -0.4 is 19.5 Å². The number of carbonyl (C=O) groups excluding carboxylic acids is 1. The molecule has 146 valence electrons. The minimum atomic E-state index is -0.141. The van der Waals surface area contributed by atoms with Crippen LogP contribution in [0.5, 0.6) is 17.2 Å². The molecular formula is C21H23N3O4. The Kier molecular flexibility index (Phi) is 5.84. The normalized spacial score (nSPS) is 10.4. The Bertz CT molecular complexity index is 964. The van der Waals surface area contributed by atoms with Gasteiger partial charge >= 0.3 is 0 Å². The van der Waals surface area contributed by atoms with Crippen LogP contribution in [0.3, 0.4) is 0 Å². The van der Waals surface area contributed by atoms with E-state index in [1.165, 1.54) is 0 Å². The van der Waals surface area contributed by atoms with Crippen molar-refractivity contribution in [2.24, 2.45) is 0 Å². The number of ether oxygens (including phenoxy) is 3. The molecule has 3 aromatic rings. The Labute approximate surface area is 163 Å². The number of H-pyrrole nitrogens is 1. The van der Waals surface area contributed by atoms with E-state index >= 15 is 0 Å². The van der Waals surface area contributed by atoms with Crippen molar-refractivity contribution < 1.29 is 19.0 Å². The Balaban J connectivity index is 1.86. The summed E-state index contributed by atoms with van der Waals surface area (Å²) in [5.74, 6) is 1.92. The van der Waals surface area contributed by atoms with Gasteiger partial charge in [-0.15, -0.1) is 0 Å². The summed E-state index contributed by atoms with van der Waals surface area (Å²) in [5.41, 5.74) is 3.58. The lowest BCUT2D eigenvalue weighted by Gasteiger charge is -2.11. The van der Waals surface area contributed by atoms with E-state index in [9.17, 15) is 4.79 Å². The second-order valence-electron chi connectivity index (χ2n) is 6.21. The molecule has 3 rings (SSSR count). The highest BCUT2D eigenvalue weighted by Gasteiger charge is 2.19. The average molecular weight is 381 g/mol. The van der Waals surface area contributed by atoms with Gasteiger partial charge < -0.3 is 19.5 Å². The fraction of sp³-hybridized carbons (Fsp3) is 0.238. The van der Waals surface area contributed by atoms with Gasteiger partial charge in [-0.1, -0.05) is 12.1 Å². The van der Waals surface area contributed by atoms with Crippen LogP contribution in [0.15, 0.2) is 42.5 Å². The molecular weight excluding hydrogens is 358 g/mol. The second-order valence-corrected chi connectivity index (χ2v) is 6.21. The number of rotatable bonds is 7. The Morgan fingerprint density at radius 3 is 2.32 bits per heavy atom. The second kappa shape index (κ2) is 8.47. The number of carbonyl (C=O) groups is 1. The molecule has 1 amide bonds. The quantitative estimate of drug-likeness (QED) is 0.653. The van der Waals surface area contributed by atoms with E-state index in [1.54, 1.807) is 27.4 Å². The highest BCUT2D eigenvalue weighted by molar-refractivity contribution is 5.97. The predicted octanol–water partition coefficient (Wildman–Crippen LogP) is 3.59. The largest absolute Gasteiger partial charge is 0.497 e. The maximum Gasteiger partial charge on any atom is 0.228 e. The smallest absolute Gasteiger partial charge is 0.228 e. The number of hydrogen-bond donors (Lipinski definition) is 2. The summed E-state index contributed by atoms with van der Waals surface area (Å²) in [5, 5.41) is 10.3. The highest BCUT2D eigenvalue weighted by atomic mass is 16.5. The van der Waals surface area contributed by atoms with Gasteiger partial charge in [-0.25, -0.2) is 0 Å².